The Hall–Kier alpha value is -6.99. The highest BCUT2D eigenvalue weighted by molar-refractivity contribution is 6.32. The van der Waals surface area contributed by atoms with Gasteiger partial charge in [-0.15, -0.1) is 0 Å². The van der Waals surface area contributed by atoms with Crippen molar-refractivity contribution in [1.29, 1.82) is 0 Å². The normalized spacial score (nSPS) is 23.4. The van der Waals surface area contributed by atoms with Gasteiger partial charge in [-0.25, -0.2) is 19.2 Å². The van der Waals surface area contributed by atoms with Crippen molar-refractivity contribution < 1.29 is 144 Å². The van der Waals surface area contributed by atoms with Crippen molar-refractivity contribution in [3.05, 3.63) is 244 Å². The van der Waals surface area contributed by atoms with E-state index in [2.05, 4.69) is 0 Å². The minimum absolute atomic E-state index is 0.00858. The molecule has 7 aromatic carbocycles. The summed E-state index contributed by atoms with van der Waals surface area (Å²) in [6.07, 6.45) is -31.9. The van der Waals surface area contributed by atoms with Crippen molar-refractivity contribution in [2.24, 2.45) is 22.9 Å². The number of ether oxygens (including phenoxy) is 11. The van der Waals surface area contributed by atoms with Crippen LogP contribution in [0.15, 0.2) is 170 Å². The second-order valence-electron chi connectivity index (χ2n) is 25.4. The first-order valence-electron chi connectivity index (χ1n) is 34.2. The summed E-state index contributed by atoms with van der Waals surface area (Å²) in [6.45, 7) is 0.908. The topological polar surface area (TPSA) is 355 Å². The van der Waals surface area contributed by atoms with E-state index in [-0.39, 0.29) is 65.8 Å². The molecule has 7 aromatic rings. The van der Waals surface area contributed by atoms with E-state index < -0.39 is 140 Å². The number of rotatable bonds is 27. The number of hydrogen-bond acceptors (Lipinski definition) is 19. The van der Waals surface area contributed by atoms with Crippen LogP contribution in [0.1, 0.15) is 45.4 Å². The molecule has 10 rings (SSSR count). The van der Waals surface area contributed by atoms with E-state index in [1.165, 1.54) is 0 Å². The van der Waals surface area contributed by atoms with Crippen LogP contribution in [0.25, 0.3) is 0 Å². The molecule has 642 valence electrons. The van der Waals surface area contributed by atoms with Gasteiger partial charge >= 0.3 is 48.6 Å². The van der Waals surface area contributed by atoms with Crippen LogP contribution in [0.2, 0.25) is 35.2 Å². The van der Waals surface area contributed by atoms with Gasteiger partial charge in [-0.3, -0.25) is 0 Å². The van der Waals surface area contributed by atoms with Gasteiger partial charge in [0.2, 0.25) is 0 Å². The SMILES string of the molecule is NC[C@H]1O[C@H](O[C@@H]2[C@@H](OCc3ccc(Cl)cc3)[C@H](O[C@H]3O[C@H](COCc4ccc(Cl)cc4)[C@@H](OCc4ccc(Cl)cc4)[C@H](N)[C@H]3OCc3ccc(Cl)cc3)[C@@H](N)C[C@H]2N)[C@H](OCc2ccc(Cl)cc2)[C@@H](OCc2ccc(Cl)cc2)[C@@H]1OCc1ccc(Cl)cc1.O=C(O)C(F)(F)F.O=C(O)C(F)(F)F.O=C(O)C(F)(F)F.O=C(O)C(F)(F)F. The molecular weight excluding hydrogens is 1740 g/mol. The van der Waals surface area contributed by atoms with Gasteiger partial charge in [0.05, 0.1) is 58.9 Å². The molecule has 42 heteroatoms. The van der Waals surface area contributed by atoms with Crippen LogP contribution >= 0.6 is 81.2 Å². The third-order valence-corrected chi connectivity index (χ3v) is 18.5. The van der Waals surface area contributed by atoms with Crippen molar-refractivity contribution in [3.8, 4) is 0 Å². The van der Waals surface area contributed by atoms with Crippen LogP contribution < -0.4 is 22.9 Å². The van der Waals surface area contributed by atoms with Crippen LogP contribution in [0.5, 0.6) is 0 Å². The van der Waals surface area contributed by atoms with Gasteiger partial charge in [-0.1, -0.05) is 166 Å². The third-order valence-electron chi connectivity index (χ3n) is 16.7. The summed E-state index contributed by atoms with van der Waals surface area (Å²) in [5.41, 5.74) is 34.5. The summed E-state index contributed by atoms with van der Waals surface area (Å²) in [7, 11) is 0. The smallest absolute Gasteiger partial charge is 0.475 e. The van der Waals surface area contributed by atoms with E-state index in [0.717, 1.165) is 38.9 Å². The number of halogens is 19. The van der Waals surface area contributed by atoms with Crippen LogP contribution in [0, 0.1) is 0 Å². The van der Waals surface area contributed by atoms with Gasteiger partial charge in [0.25, 0.3) is 0 Å². The molecule has 3 aliphatic rings. The highest BCUT2D eigenvalue weighted by Crippen LogP contribution is 2.38. The fourth-order valence-electron chi connectivity index (χ4n) is 11.0. The molecule has 0 aromatic heterocycles. The molecule has 23 nitrogen and oxygen atoms in total. The Morgan fingerprint density at radius 3 is 0.803 bits per heavy atom. The van der Waals surface area contributed by atoms with Crippen molar-refractivity contribution in [3.63, 3.8) is 0 Å². The minimum Gasteiger partial charge on any atom is -0.475 e. The highest BCUT2D eigenvalue weighted by Gasteiger charge is 2.55. The molecule has 15 atom stereocenters. The summed E-state index contributed by atoms with van der Waals surface area (Å²) in [4.78, 5) is 35.6. The Morgan fingerprint density at radius 2 is 0.538 bits per heavy atom. The molecule has 12 N–H and O–H groups in total. The second kappa shape index (κ2) is 46.7. The zero-order chi connectivity index (χ0) is 86.7. The Balaban J connectivity index is 0.000000648. The van der Waals surface area contributed by atoms with Gasteiger partial charge in [-0.05, 0) is 130 Å². The Labute approximate surface area is 694 Å². The predicted octanol–water partition coefficient (Wildman–Crippen LogP) is 15.4. The Morgan fingerprint density at radius 1 is 0.325 bits per heavy atom. The number of carboxylic acid groups (broad SMARTS) is 4. The van der Waals surface area contributed by atoms with Gasteiger partial charge in [0, 0.05) is 53.8 Å². The molecule has 1 aliphatic carbocycles. The van der Waals surface area contributed by atoms with Crippen LogP contribution in [0.3, 0.4) is 0 Å². The van der Waals surface area contributed by atoms with Crippen LogP contribution in [-0.4, -0.2) is 174 Å². The summed E-state index contributed by atoms with van der Waals surface area (Å²) in [5, 5.41) is 32.5. The number of carbonyl (C=O) groups is 4. The van der Waals surface area contributed by atoms with Crippen molar-refractivity contribution in [2.45, 2.75) is 169 Å². The number of carboxylic acids is 4. The van der Waals surface area contributed by atoms with E-state index >= 15 is 0 Å². The molecule has 2 saturated heterocycles. The maximum absolute atomic E-state index is 10.6. The molecule has 0 unspecified atom stereocenters. The minimum atomic E-state index is -5.08. The van der Waals surface area contributed by atoms with E-state index in [1.807, 2.05) is 84.9 Å². The predicted molar refractivity (Wildman–Crippen MR) is 401 cm³/mol. The molecule has 2 aliphatic heterocycles. The standard InChI is InChI=1S/C67H71Cl7N4O11.4C2HF3O2/c68-46-15-1-39(2-16-46)31-79-38-56-60(80-32-40-3-17-47(69)18-4-40)57(78)62(82-34-42-7-21-49(71)22-8-42)66(87-56)88-58-53(76)29-54(77)59(63(58)83-35-43-9-23-50(72)24-10-43)89-67-65(85-37-45-13-27-52(74)28-14-45)64(84-36-44-11-25-51(73)26-12-44)61(55(30-75)86-67)81-33-41-5-19-48(70)20-6-41;4*3-2(4,5)1(6)7/h1-28,53-67H,29-38,75-78H2;4*(H,6,7)/t53-,54+,55+,56+,57-,58+,59-,60+,61+,62+,63-,64-,65+,66+,67+;;;;/m0..../s1. The van der Waals surface area contributed by atoms with E-state index in [1.54, 1.807) is 84.9 Å². The lowest BCUT2D eigenvalue weighted by molar-refractivity contribution is -0.351. The van der Waals surface area contributed by atoms with Gasteiger partial charge < -0.3 is 95.5 Å². The largest absolute Gasteiger partial charge is 0.490 e. The molecule has 0 spiro atoms. The summed E-state index contributed by atoms with van der Waals surface area (Å²) in [5.74, 6) is -11.0. The third kappa shape index (κ3) is 33.5. The highest BCUT2D eigenvalue weighted by atomic mass is 35.5. The monoisotopic (exact) mass is 1810 g/mol. The van der Waals surface area contributed by atoms with Gasteiger partial charge in [-0.2, -0.15) is 52.7 Å². The lowest BCUT2D eigenvalue weighted by atomic mass is 9.84. The van der Waals surface area contributed by atoms with E-state index in [9.17, 15) is 52.7 Å². The lowest BCUT2D eigenvalue weighted by Crippen LogP contribution is -2.69. The Bertz CT molecular complexity index is 4090. The lowest BCUT2D eigenvalue weighted by Gasteiger charge is -2.51. The zero-order valence-corrected chi connectivity index (χ0v) is 65.6. The number of aliphatic carboxylic acids is 4. The van der Waals surface area contributed by atoms with Gasteiger partial charge in [0.1, 0.15) is 61.0 Å². The number of nitrogens with two attached hydrogens (primary N) is 4. The molecule has 0 amide bonds. The van der Waals surface area contributed by atoms with Crippen molar-refractivity contribution in [1.82, 2.24) is 0 Å². The van der Waals surface area contributed by atoms with E-state index in [0.29, 0.717) is 35.2 Å². The summed E-state index contributed by atoms with van der Waals surface area (Å²) < 4.78 is 203. The first-order chi connectivity index (χ1) is 54.9. The van der Waals surface area contributed by atoms with Crippen LogP contribution in [0.4, 0.5) is 52.7 Å². The maximum atomic E-state index is 10.6. The first-order valence-corrected chi connectivity index (χ1v) is 36.8. The summed E-state index contributed by atoms with van der Waals surface area (Å²) in [6, 6.07) is 48.9. The molecule has 0 radical (unpaired) electrons. The molecule has 2 heterocycles. The fourth-order valence-corrected chi connectivity index (χ4v) is 11.8. The maximum Gasteiger partial charge on any atom is 0.490 e. The number of hydrogen-bond donors (Lipinski definition) is 8. The Kier molecular flexibility index (Phi) is 39.5. The zero-order valence-electron chi connectivity index (χ0n) is 60.3. The van der Waals surface area contributed by atoms with E-state index in [4.69, 9.17) is 196 Å². The average Bonchev–Trinajstić information content (AvgIpc) is 0.767. The second-order valence-corrected chi connectivity index (χ2v) is 28.5. The molecule has 1 saturated carbocycles. The molecule has 0 bridgehead atoms. The first kappa shape index (κ1) is 98.8. The quantitative estimate of drug-likeness (QED) is 0.0222. The number of benzene rings is 7. The van der Waals surface area contributed by atoms with Crippen molar-refractivity contribution >= 4 is 105 Å². The molecule has 3 fully saturated rings. The van der Waals surface area contributed by atoms with Crippen LogP contribution in [-0.2, 0) is 118 Å². The molecule has 117 heavy (non-hydrogen) atoms. The average molecular weight is 1810 g/mol. The molecular formula is C75H75Cl7F12N4O19. The fraction of sp³-hybridized carbons (Fsp3) is 0.387. The van der Waals surface area contributed by atoms with Crippen molar-refractivity contribution in [2.75, 3.05) is 13.2 Å². The summed E-state index contributed by atoms with van der Waals surface area (Å²) >= 11 is 44.3. The van der Waals surface area contributed by atoms with Gasteiger partial charge in [0.15, 0.2) is 12.6 Å². The number of alkyl halides is 12.